The number of rotatable bonds is 3. The molecule has 1 aliphatic heterocycles. The summed E-state index contributed by atoms with van der Waals surface area (Å²) in [7, 11) is 0. The van der Waals surface area contributed by atoms with E-state index in [0.717, 1.165) is 35.5 Å². The second-order valence-corrected chi connectivity index (χ2v) is 6.10. The van der Waals surface area contributed by atoms with Crippen LogP contribution in [0.5, 0.6) is 0 Å². The first kappa shape index (κ1) is 15.1. The highest BCUT2D eigenvalue weighted by Crippen LogP contribution is 2.33. The monoisotopic (exact) mass is 347 g/mol. The third-order valence-electron chi connectivity index (χ3n) is 4.41. The lowest BCUT2D eigenvalue weighted by atomic mass is 10.3. The number of pyridine rings is 1. The lowest BCUT2D eigenvalue weighted by Gasteiger charge is -2.27. The van der Waals surface area contributed by atoms with Crippen molar-refractivity contribution in [2.75, 3.05) is 36.5 Å². The van der Waals surface area contributed by atoms with Crippen LogP contribution in [0.2, 0.25) is 0 Å². The van der Waals surface area contributed by atoms with Gasteiger partial charge in [-0.15, -0.1) is 0 Å². The Morgan fingerprint density at radius 2 is 1.81 bits per heavy atom. The van der Waals surface area contributed by atoms with Crippen LogP contribution in [0.25, 0.3) is 22.2 Å². The van der Waals surface area contributed by atoms with E-state index in [9.17, 15) is 0 Å². The molecule has 4 heterocycles. The lowest BCUT2D eigenvalue weighted by molar-refractivity contribution is 0.122. The SMILES string of the molecule is c1ccc(Nc2nc(N3CCOCC3)c3oc4ncccc4c3n2)cc1. The predicted octanol–water partition coefficient (Wildman–Crippen LogP) is 3.35. The Kier molecular flexibility index (Phi) is 3.64. The van der Waals surface area contributed by atoms with E-state index < -0.39 is 0 Å². The number of ether oxygens (including phenoxy) is 1. The van der Waals surface area contributed by atoms with Crippen molar-refractivity contribution in [1.82, 2.24) is 15.0 Å². The van der Waals surface area contributed by atoms with Gasteiger partial charge in [0.15, 0.2) is 11.4 Å². The smallest absolute Gasteiger partial charge is 0.230 e. The second-order valence-electron chi connectivity index (χ2n) is 6.10. The number of hydrogen-bond donors (Lipinski definition) is 1. The highest BCUT2D eigenvalue weighted by atomic mass is 16.5. The Hall–Kier alpha value is -3.19. The van der Waals surface area contributed by atoms with Crippen LogP contribution in [0, 0.1) is 0 Å². The summed E-state index contributed by atoms with van der Waals surface area (Å²) in [6.45, 7) is 2.87. The van der Waals surface area contributed by atoms with Crippen LogP contribution in [-0.2, 0) is 4.74 Å². The van der Waals surface area contributed by atoms with Crippen molar-refractivity contribution < 1.29 is 9.15 Å². The molecule has 0 bridgehead atoms. The van der Waals surface area contributed by atoms with Gasteiger partial charge in [-0.25, -0.2) is 9.97 Å². The van der Waals surface area contributed by atoms with Gasteiger partial charge in [-0.3, -0.25) is 0 Å². The Balaban J connectivity index is 1.69. The number of fused-ring (bicyclic) bond motifs is 3. The van der Waals surface area contributed by atoms with E-state index in [-0.39, 0.29) is 0 Å². The molecule has 0 spiro atoms. The van der Waals surface area contributed by atoms with Crippen molar-refractivity contribution in [2.45, 2.75) is 0 Å². The Morgan fingerprint density at radius 1 is 0.962 bits per heavy atom. The molecular formula is C19H17N5O2. The summed E-state index contributed by atoms with van der Waals surface area (Å²) in [5.74, 6) is 1.31. The summed E-state index contributed by atoms with van der Waals surface area (Å²) in [5, 5.41) is 4.17. The lowest BCUT2D eigenvalue weighted by Crippen LogP contribution is -2.37. The van der Waals surface area contributed by atoms with Gasteiger partial charge in [-0.05, 0) is 24.3 Å². The number of benzene rings is 1. The fraction of sp³-hybridized carbons (Fsp3) is 0.211. The van der Waals surface area contributed by atoms with Crippen molar-refractivity contribution in [2.24, 2.45) is 0 Å². The average molecular weight is 347 g/mol. The highest BCUT2D eigenvalue weighted by molar-refractivity contribution is 6.05. The minimum absolute atomic E-state index is 0.539. The van der Waals surface area contributed by atoms with Gasteiger partial charge in [0.25, 0.3) is 0 Å². The van der Waals surface area contributed by atoms with Crippen molar-refractivity contribution in [3.63, 3.8) is 0 Å². The van der Waals surface area contributed by atoms with Gasteiger partial charge >= 0.3 is 0 Å². The molecule has 7 heteroatoms. The predicted molar refractivity (Wildman–Crippen MR) is 99.9 cm³/mol. The fourth-order valence-corrected chi connectivity index (χ4v) is 3.16. The zero-order valence-corrected chi connectivity index (χ0v) is 14.1. The van der Waals surface area contributed by atoms with E-state index in [0.29, 0.717) is 30.5 Å². The quantitative estimate of drug-likeness (QED) is 0.609. The second kappa shape index (κ2) is 6.27. The maximum Gasteiger partial charge on any atom is 0.230 e. The van der Waals surface area contributed by atoms with E-state index in [1.807, 2.05) is 42.5 Å². The maximum absolute atomic E-state index is 6.00. The third kappa shape index (κ3) is 2.62. The van der Waals surface area contributed by atoms with Crippen LogP contribution in [0.1, 0.15) is 0 Å². The third-order valence-corrected chi connectivity index (χ3v) is 4.41. The standard InChI is InChI=1S/C19H17N5O2/c1-2-5-13(6-3-1)21-19-22-15-14-7-4-8-20-18(14)26-16(15)17(23-19)24-9-11-25-12-10-24/h1-8H,9-12H2,(H,21,22,23). The first-order valence-electron chi connectivity index (χ1n) is 8.58. The molecule has 0 aliphatic carbocycles. The first-order valence-corrected chi connectivity index (χ1v) is 8.58. The number of aromatic nitrogens is 3. The van der Waals surface area contributed by atoms with Crippen LogP contribution >= 0.6 is 0 Å². The van der Waals surface area contributed by atoms with E-state index >= 15 is 0 Å². The molecule has 0 atom stereocenters. The summed E-state index contributed by atoms with van der Waals surface area (Å²) < 4.78 is 11.5. The number of anilines is 3. The molecule has 0 saturated carbocycles. The molecule has 1 N–H and O–H groups in total. The van der Waals surface area contributed by atoms with E-state index in [4.69, 9.17) is 19.1 Å². The molecule has 1 aromatic carbocycles. The number of nitrogens with zero attached hydrogens (tertiary/aromatic N) is 4. The molecule has 4 aromatic rings. The van der Waals surface area contributed by atoms with Gasteiger partial charge < -0.3 is 19.4 Å². The number of furan rings is 1. The summed E-state index contributed by atoms with van der Waals surface area (Å²) in [6.07, 6.45) is 1.72. The van der Waals surface area contributed by atoms with Crippen LogP contribution in [0.3, 0.4) is 0 Å². The number of para-hydroxylation sites is 1. The van der Waals surface area contributed by atoms with Gasteiger partial charge in [0.1, 0.15) is 5.52 Å². The Labute approximate surface area is 149 Å². The molecule has 1 fully saturated rings. The number of hydrogen-bond acceptors (Lipinski definition) is 7. The van der Waals surface area contributed by atoms with Gasteiger partial charge in [0.2, 0.25) is 11.7 Å². The first-order chi connectivity index (χ1) is 12.9. The molecular weight excluding hydrogens is 330 g/mol. The van der Waals surface area contributed by atoms with Crippen molar-refractivity contribution in [3.8, 4) is 0 Å². The van der Waals surface area contributed by atoms with E-state index in [2.05, 4.69) is 15.2 Å². The summed E-state index contributed by atoms with van der Waals surface area (Å²) in [5.41, 5.74) is 2.94. The van der Waals surface area contributed by atoms with Gasteiger partial charge in [0.05, 0.1) is 18.6 Å². The minimum Gasteiger partial charge on any atom is -0.432 e. The molecule has 1 saturated heterocycles. The largest absolute Gasteiger partial charge is 0.432 e. The molecule has 0 radical (unpaired) electrons. The van der Waals surface area contributed by atoms with Crippen LogP contribution in [0.4, 0.5) is 17.5 Å². The van der Waals surface area contributed by atoms with Gasteiger partial charge in [0, 0.05) is 25.0 Å². The Bertz CT molecular complexity index is 1060. The maximum atomic E-state index is 6.00. The summed E-state index contributed by atoms with van der Waals surface area (Å²) in [4.78, 5) is 15.9. The molecule has 5 rings (SSSR count). The van der Waals surface area contributed by atoms with Crippen LogP contribution < -0.4 is 10.2 Å². The minimum atomic E-state index is 0.539. The Morgan fingerprint density at radius 3 is 2.65 bits per heavy atom. The highest BCUT2D eigenvalue weighted by Gasteiger charge is 2.22. The molecule has 0 amide bonds. The molecule has 26 heavy (non-hydrogen) atoms. The zero-order valence-electron chi connectivity index (χ0n) is 14.1. The fourth-order valence-electron chi connectivity index (χ4n) is 3.16. The molecule has 7 nitrogen and oxygen atoms in total. The number of nitrogens with one attached hydrogen (secondary N) is 1. The van der Waals surface area contributed by atoms with Gasteiger partial charge in [-0.2, -0.15) is 4.98 Å². The molecule has 3 aromatic heterocycles. The van der Waals surface area contributed by atoms with Gasteiger partial charge in [-0.1, -0.05) is 18.2 Å². The normalized spacial score (nSPS) is 14.8. The molecule has 0 unspecified atom stereocenters. The summed E-state index contributed by atoms with van der Waals surface area (Å²) >= 11 is 0. The molecule has 1 aliphatic rings. The number of morpholine rings is 1. The topological polar surface area (TPSA) is 76.3 Å². The van der Waals surface area contributed by atoms with Crippen molar-refractivity contribution in [1.29, 1.82) is 0 Å². The van der Waals surface area contributed by atoms with E-state index in [1.165, 1.54) is 0 Å². The van der Waals surface area contributed by atoms with E-state index in [1.54, 1.807) is 6.20 Å². The zero-order chi connectivity index (χ0) is 17.3. The average Bonchev–Trinajstić information content (AvgIpc) is 3.08. The van der Waals surface area contributed by atoms with Crippen molar-refractivity contribution >= 4 is 39.7 Å². The van der Waals surface area contributed by atoms with Crippen molar-refractivity contribution in [3.05, 3.63) is 48.7 Å². The van der Waals surface area contributed by atoms with Crippen LogP contribution in [0.15, 0.2) is 53.1 Å². The molecule has 130 valence electrons. The summed E-state index contributed by atoms with van der Waals surface area (Å²) in [6, 6.07) is 13.7. The van der Waals surface area contributed by atoms with Crippen LogP contribution in [-0.4, -0.2) is 41.3 Å².